The maximum atomic E-state index is 5.11. The molecule has 0 amide bonds. The highest BCUT2D eigenvalue weighted by Crippen LogP contribution is 2.22. The number of ether oxygens (including phenoxy) is 2. The Morgan fingerprint density at radius 2 is 2.00 bits per heavy atom. The lowest BCUT2D eigenvalue weighted by atomic mass is 10.1. The first-order valence-electron chi connectivity index (χ1n) is 3.45. The molecule has 0 heterocycles. The van der Waals surface area contributed by atoms with E-state index in [0.29, 0.717) is 0 Å². The second-order valence-electron chi connectivity index (χ2n) is 2.36. The predicted octanol–water partition coefficient (Wildman–Crippen LogP) is 2.01. The van der Waals surface area contributed by atoms with Gasteiger partial charge in [0.05, 0.1) is 14.2 Å². The SMILES string of the molecule is C=C1C=CC(OC)=C(OC)C1. The Morgan fingerprint density at radius 3 is 2.55 bits per heavy atom. The highest BCUT2D eigenvalue weighted by molar-refractivity contribution is 5.33. The Balaban J connectivity index is 2.85. The first kappa shape index (κ1) is 7.92. The van der Waals surface area contributed by atoms with E-state index in [9.17, 15) is 0 Å². The average Bonchev–Trinajstić information content (AvgIpc) is 2.04. The Kier molecular flexibility index (Phi) is 2.36. The lowest BCUT2D eigenvalue weighted by Crippen LogP contribution is -2.00. The minimum Gasteiger partial charge on any atom is -0.497 e. The van der Waals surface area contributed by atoms with Gasteiger partial charge in [-0.25, -0.2) is 0 Å². The van der Waals surface area contributed by atoms with E-state index in [1.54, 1.807) is 14.2 Å². The quantitative estimate of drug-likeness (QED) is 0.602. The number of rotatable bonds is 2. The molecule has 0 aromatic rings. The topological polar surface area (TPSA) is 18.5 Å². The molecule has 0 aliphatic heterocycles. The molecule has 0 N–H and O–H groups in total. The Hall–Kier alpha value is -1.18. The number of hydrogen-bond donors (Lipinski definition) is 0. The molecule has 1 aliphatic carbocycles. The molecule has 2 nitrogen and oxygen atoms in total. The molecule has 0 aromatic carbocycles. The summed E-state index contributed by atoms with van der Waals surface area (Å²) in [5.74, 6) is 1.64. The van der Waals surface area contributed by atoms with E-state index in [0.717, 1.165) is 23.5 Å². The highest BCUT2D eigenvalue weighted by Gasteiger charge is 2.10. The number of hydrogen-bond acceptors (Lipinski definition) is 2. The molecular weight excluding hydrogens is 140 g/mol. The molecule has 1 rings (SSSR count). The molecule has 0 radical (unpaired) electrons. The molecular formula is C9H12O2. The van der Waals surface area contributed by atoms with E-state index in [-0.39, 0.29) is 0 Å². The van der Waals surface area contributed by atoms with Gasteiger partial charge in [-0.05, 0) is 11.6 Å². The molecule has 0 saturated heterocycles. The molecule has 0 saturated carbocycles. The van der Waals surface area contributed by atoms with Gasteiger partial charge in [-0.3, -0.25) is 0 Å². The highest BCUT2D eigenvalue weighted by atomic mass is 16.5. The zero-order chi connectivity index (χ0) is 8.27. The summed E-state index contributed by atoms with van der Waals surface area (Å²) in [7, 11) is 3.27. The van der Waals surface area contributed by atoms with Crippen molar-refractivity contribution in [1.82, 2.24) is 0 Å². The van der Waals surface area contributed by atoms with Gasteiger partial charge in [0.2, 0.25) is 0 Å². The van der Waals surface area contributed by atoms with Gasteiger partial charge in [0, 0.05) is 6.42 Å². The van der Waals surface area contributed by atoms with Crippen molar-refractivity contribution in [2.24, 2.45) is 0 Å². The number of methoxy groups -OCH3 is 2. The summed E-state index contributed by atoms with van der Waals surface area (Å²) < 4.78 is 10.2. The van der Waals surface area contributed by atoms with Crippen LogP contribution < -0.4 is 0 Å². The van der Waals surface area contributed by atoms with Crippen LogP contribution in [0.15, 0.2) is 35.8 Å². The standard InChI is InChI=1S/C9H12O2/c1-7-4-5-8(10-2)9(6-7)11-3/h4-5H,1,6H2,2-3H3. The van der Waals surface area contributed by atoms with Crippen LogP contribution in [0.25, 0.3) is 0 Å². The smallest absolute Gasteiger partial charge is 0.156 e. The summed E-state index contributed by atoms with van der Waals surface area (Å²) in [6, 6.07) is 0. The van der Waals surface area contributed by atoms with Gasteiger partial charge >= 0.3 is 0 Å². The van der Waals surface area contributed by atoms with Gasteiger partial charge in [-0.15, -0.1) is 0 Å². The van der Waals surface area contributed by atoms with Crippen LogP contribution in [0.4, 0.5) is 0 Å². The minimum absolute atomic E-state index is 0.746. The molecule has 0 spiro atoms. The minimum atomic E-state index is 0.746. The van der Waals surface area contributed by atoms with E-state index in [2.05, 4.69) is 6.58 Å². The fraction of sp³-hybridized carbons (Fsp3) is 0.333. The number of allylic oxidation sites excluding steroid dienone is 3. The fourth-order valence-corrected chi connectivity index (χ4v) is 0.993. The molecule has 0 bridgehead atoms. The average molecular weight is 152 g/mol. The van der Waals surface area contributed by atoms with Crippen molar-refractivity contribution in [3.63, 3.8) is 0 Å². The van der Waals surface area contributed by atoms with Crippen LogP contribution in [0.3, 0.4) is 0 Å². The first-order chi connectivity index (χ1) is 5.27. The summed E-state index contributed by atoms with van der Waals surface area (Å²) >= 11 is 0. The third kappa shape index (κ3) is 1.64. The molecule has 0 atom stereocenters. The van der Waals surface area contributed by atoms with Crippen LogP contribution in [-0.4, -0.2) is 14.2 Å². The van der Waals surface area contributed by atoms with Crippen LogP contribution in [0.1, 0.15) is 6.42 Å². The summed E-state index contributed by atoms with van der Waals surface area (Å²) in [6.45, 7) is 3.82. The Morgan fingerprint density at radius 1 is 1.27 bits per heavy atom. The monoisotopic (exact) mass is 152 g/mol. The third-order valence-electron chi connectivity index (χ3n) is 1.60. The summed E-state index contributed by atoms with van der Waals surface area (Å²) in [6.07, 6.45) is 4.54. The summed E-state index contributed by atoms with van der Waals surface area (Å²) in [4.78, 5) is 0. The lowest BCUT2D eigenvalue weighted by molar-refractivity contribution is 0.224. The van der Waals surface area contributed by atoms with E-state index in [1.165, 1.54) is 0 Å². The first-order valence-corrected chi connectivity index (χ1v) is 3.45. The van der Waals surface area contributed by atoms with E-state index < -0.39 is 0 Å². The zero-order valence-corrected chi connectivity index (χ0v) is 6.89. The second kappa shape index (κ2) is 3.28. The molecule has 1 aliphatic rings. The second-order valence-corrected chi connectivity index (χ2v) is 2.36. The van der Waals surface area contributed by atoms with Gasteiger partial charge in [0.1, 0.15) is 5.76 Å². The van der Waals surface area contributed by atoms with Crippen LogP contribution in [0, 0.1) is 0 Å². The molecule has 0 aromatic heterocycles. The van der Waals surface area contributed by atoms with Crippen LogP contribution >= 0.6 is 0 Å². The van der Waals surface area contributed by atoms with Crippen LogP contribution in [-0.2, 0) is 9.47 Å². The Labute approximate surface area is 66.8 Å². The van der Waals surface area contributed by atoms with Crippen molar-refractivity contribution >= 4 is 0 Å². The lowest BCUT2D eigenvalue weighted by Gasteiger charge is -2.14. The van der Waals surface area contributed by atoms with Crippen molar-refractivity contribution in [2.75, 3.05) is 14.2 Å². The van der Waals surface area contributed by atoms with Gasteiger partial charge in [-0.1, -0.05) is 12.7 Å². The van der Waals surface area contributed by atoms with Crippen LogP contribution in [0.2, 0.25) is 0 Å². The molecule has 60 valence electrons. The van der Waals surface area contributed by atoms with Gasteiger partial charge in [-0.2, -0.15) is 0 Å². The van der Waals surface area contributed by atoms with Crippen molar-refractivity contribution in [2.45, 2.75) is 6.42 Å². The van der Waals surface area contributed by atoms with E-state index in [4.69, 9.17) is 9.47 Å². The van der Waals surface area contributed by atoms with E-state index >= 15 is 0 Å². The van der Waals surface area contributed by atoms with Crippen molar-refractivity contribution < 1.29 is 9.47 Å². The van der Waals surface area contributed by atoms with Gasteiger partial charge in [0.15, 0.2) is 5.76 Å². The van der Waals surface area contributed by atoms with Crippen molar-refractivity contribution in [1.29, 1.82) is 0 Å². The largest absolute Gasteiger partial charge is 0.497 e. The fourth-order valence-electron chi connectivity index (χ4n) is 0.993. The third-order valence-corrected chi connectivity index (χ3v) is 1.60. The maximum Gasteiger partial charge on any atom is 0.156 e. The molecule has 0 fully saturated rings. The summed E-state index contributed by atoms with van der Waals surface area (Å²) in [5.41, 5.74) is 1.04. The van der Waals surface area contributed by atoms with Crippen molar-refractivity contribution in [3.8, 4) is 0 Å². The molecule has 0 unspecified atom stereocenters. The molecule has 11 heavy (non-hydrogen) atoms. The van der Waals surface area contributed by atoms with Crippen LogP contribution in [0.5, 0.6) is 0 Å². The van der Waals surface area contributed by atoms with Crippen molar-refractivity contribution in [3.05, 3.63) is 35.8 Å². The van der Waals surface area contributed by atoms with E-state index in [1.807, 2.05) is 12.2 Å². The van der Waals surface area contributed by atoms with Gasteiger partial charge < -0.3 is 9.47 Å². The summed E-state index contributed by atoms with van der Waals surface area (Å²) in [5, 5.41) is 0. The Bertz CT molecular complexity index is 224. The normalized spacial score (nSPS) is 17.1. The van der Waals surface area contributed by atoms with Gasteiger partial charge in [0.25, 0.3) is 0 Å². The zero-order valence-electron chi connectivity index (χ0n) is 6.89. The predicted molar refractivity (Wildman–Crippen MR) is 43.9 cm³/mol. The maximum absolute atomic E-state index is 5.11. The molecule has 2 heteroatoms.